The summed E-state index contributed by atoms with van der Waals surface area (Å²) in [5, 5.41) is 0. The summed E-state index contributed by atoms with van der Waals surface area (Å²) in [6, 6.07) is 0. The molecule has 0 aromatic rings. The molecule has 44 valence electrons. The van der Waals surface area contributed by atoms with Crippen LogP contribution in [0.3, 0.4) is 0 Å². The molecule has 0 amide bonds. The number of hydrogen-bond acceptors (Lipinski definition) is 2. The monoisotopic (exact) mass is 102 g/mol. The molecule has 0 saturated heterocycles. The molecule has 0 aliphatic carbocycles. The molecule has 0 spiro atoms. The van der Waals surface area contributed by atoms with Gasteiger partial charge in [-0.1, -0.05) is 6.92 Å². The lowest BCUT2D eigenvalue weighted by molar-refractivity contribution is 0.464. The molecule has 0 aromatic carbocycles. The van der Waals surface area contributed by atoms with Crippen LogP contribution in [-0.2, 0) is 0 Å². The summed E-state index contributed by atoms with van der Waals surface area (Å²) in [4.78, 5) is 0. The Morgan fingerprint density at radius 2 is 2.00 bits per heavy atom. The Morgan fingerprint density at radius 3 is 2.00 bits per heavy atom. The maximum atomic E-state index is 5.59. The first-order chi connectivity index (χ1) is 3.12. The second kappa shape index (κ2) is 2.28. The highest BCUT2D eigenvalue weighted by Gasteiger charge is 2.10. The summed E-state index contributed by atoms with van der Waals surface area (Å²) in [6.07, 6.45) is 0.948. The maximum Gasteiger partial charge on any atom is 0.0247 e. The van der Waals surface area contributed by atoms with Crippen LogP contribution in [0.15, 0.2) is 0 Å². The zero-order valence-corrected chi connectivity index (χ0v) is 5.07. The summed E-state index contributed by atoms with van der Waals surface area (Å²) in [7, 11) is 0. The number of rotatable bonds is 2. The lowest BCUT2D eigenvalue weighted by atomic mass is 10.0. The normalized spacial score (nSPS) is 18.9. The van der Waals surface area contributed by atoms with Gasteiger partial charge in [-0.15, -0.1) is 0 Å². The average Bonchev–Trinajstić information content (AvgIpc) is 1.68. The third kappa shape index (κ3) is 2.60. The van der Waals surface area contributed by atoms with Gasteiger partial charge in [0, 0.05) is 12.1 Å². The van der Waals surface area contributed by atoms with Crippen LogP contribution in [0.2, 0.25) is 0 Å². The van der Waals surface area contributed by atoms with E-state index >= 15 is 0 Å². The number of hydrogen-bond donors (Lipinski definition) is 2. The summed E-state index contributed by atoms with van der Waals surface area (Å²) in [5.74, 6) is 0. The summed E-state index contributed by atoms with van der Waals surface area (Å²) in [6.45, 7) is 4.56. The fourth-order valence-electron chi connectivity index (χ4n) is 0.144. The maximum absolute atomic E-state index is 5.59. The van der Waals surface area contributed by atoms with Crippen molar-refractivity contribution in [1.82, 2.24) is 0 Å². The molecule has 7 heavy (non-hydrogen) atoms. The lowest BCUT2D eigenvalue weighted by Crippen LogP contribution is -2.42. The Morgan fingerprint density at radius 1 is 1.57 bits per heavy atom. The molecule has 0 aliphatic heterocycles. The summed E-state index contributed by atoms with van der Waals surface area (Å²) < 4.78 is 0. The second-order valence-electron chi connectivity index (χ2n) is 2.21. The van der Waals surface area contributed by atoms with E-state index in [-0.39, 0.29) is 5.54 Å². The van der Waals surface area contributed by atoms with Gasteiger partial charge >= 0.3 is 0 Å². The highest BCUT2D eigenvalue weighted by atomic mass is 14.8. The van der Waals surface area contributed by atoms with E-state index in [0.29, 0.717) is 6.54 Å². The van der Waals surface area contributed by atoms with Gasteiger partial charge in [0.05, 0.1) is 0 Å². The zero-order chi connectivity index (χ0) is 5.91. The van der Waals surface area contributed by atoms with Crippen molar-refractivity contribution in [2.45, 2.75) is 25.8 Å². The van der Waals surface area contributed by atoms with E-state index in [1.165, 1.54) is 0 Å². The third-order valence-corrected chi connectivity index (χ3v) is 1.27. The van der Waals surface area contributed by atoms with Crippen LogP contribution in [0.4, 0.5) is 0 Å². The van der Waals surface area contributed by atoms with Crippen LogP contribution in [0, 0.1) is 0 Å². The minimum atomic E-state index is -0.139. The quantitative estimate of drug-likeness (QED) is 0.518. The smallest absolute Gasteiger partial charge is 0.0247 e. The van der Waals surface area contributed by atoms with Crippen LogP contribution < -0.4 is 11.5 Å². The molecule has 0 unspecified atom stereocenters. The van der Waals surface area contributed by atoms with Gasteiger partial charge in [-0.2, -0.15) is 0 Å². The van der Waals surface area contributed by atoms with Gasteiger partial charge in [-0.25, -0.2) is 0 Å². The largest absolute Gasteiger partial charge is 0.329 e. The van der Waals surface area contributed by atoms with E-state index < -0.39 is 0 Å². The van der Waals surface area contributed by atoms with E-state index in [4.69, 9.17) is 11.5 Å². The zero-order valence-electron chi connectivity index (χ0n) is 5.07. The Kier molecular flexibility index (Phi) is 2.26. The molecule has 2 nitrogen and oxygen atoms in total. The molecule has 1 atom stereocenters. The lowest BCUT2D eigenvalue weighted by Gasteiger charge is -2.18. The Balaban J connectivity index is 3.36. The first kappa shape index (κ1) is 6.92. The first-order valence-corrected chi connectivity index (χ1v) is 2.61. The minimum absolute atomic E-state index is 0.139. The molecule has 0 aromatic heterocycles. The van der Waals surface area contributed by atoms with Gasteiger partial charge < -0.3 is 11.5 Å². The predicted molar refractivity (Wildman–Crippen MR) is 31.9 cm³/mol. The third-order valence-electron chi connectivity index (χ3n) is 1.27. The van der Waals surface area contributed by atoms with E-state index in [1.807, 2.05) is 13.8 Å². The molecule has 0 heterocycles. The topological polar surface area (TPSA) is 52.0 Å². The molecule has 0 saturated carbocycles. The van der Waals surface area contributed by atoms with Crippen molar-refractivity contribution in [2.24, 2.45) is 11.5 Å². The molecular formula is C5H14N2. The number of nitrogens with two attached hydrogens (primary N) is 2. The Bertz CT molecular complexity index is 44.0. The van der Waals surface area contributed by atoms with Crippen LogP contribution in [-0.4, -0.2) is 12.1 Å². The highest BCUT2D eigenvalue weighted by molar-refractivity contribution is 4.76. The van der Waals surface area contributed by atoms with Crippen molar-refractivity contribution in [2.75, 3.05) is 6.54 Å². The van der Waals surface area contributed by atoms with Crippen LogP contribution >= 0.6 is 0 Å². The molecule has 0 bridgehead atoms. The van der Waals surface area contributed by atoms with Crippen LogP contribution in [0.25, 0.3) is 0 Å². The molecule has 0 radical (unpaired) electrons. The fraction of sp³-hybridized carbons (Fsp3) is 1.00. The van der Waals surface area contributed by atoms with Crippen molar-refractivity contribution in [3.63, 3.8) is 0 Å². The van der Waals surface area contributed by atoms with E-state index in [2.05, 4.69) is 0 Å². The SMILES string of the molecule is CC[C@](C)(N)CN. The van der Waals surface area contributed by atoms with Gasteiger partial charge in [0.25, 0.3) is 0 Å². The van der Waals surface area contributed by atoms with Gasteiger partial charge in [0.1, 0.15) is 0 Å². The van der Waals surface area contributed by atoms with E-state index in [9.17, 15) is 0 Å². The molecule has 0 fully saturated rings. The summed E-state index contributed by atoms with van der Waals surface area (Å²) in [5.41, 5.74) is 10.7. The fourth-order valence-corrected chi connectivity index (χ4v) is 0.144. The van der Waals surface area contributed by atoms with Crippen molar-refractivity contribution in [3.05, 3.63) is 0 Å². The van der Waals surface area contributed by atoms with E-state index in [0.717, 1.165) is 6.42 Å². The molecular weight excluding hydrogens is 88.1 g/mol. The second-order valence-corrected chi connectivity index (χ2v) is 2.21. The van der Waals surface area contributed by atoms with Crippen LogP contribution in [0.5, 0.6) is 0 Å². The van der Waals surface area contributed by atoms with Crippen molar-refractivity contribution in [3.8, 4) is 0 Å². The van der Waals surface area contributed by atoms with Crippen LogP contribution in [0.1, 0.15) is 20.3 Å². The average molecular weight is 102 g/mol. The standard InChI is InChI=1S/C5H14N2/c1-3-5(2,7)4-6/h3-4,6-7H2,1-2H3/t5-/m0/s1. The van der Waals surface area contributed by atoms with Gasteiger partial charge in [-0.3, -0.25) is 0 Å². The molecule has 0 aliphatic rings. The Labute approximate surface area is 44.9 Å². The van der Waals surface area contributed by atoms with Gasteiger partial charge in [0.15, 0.2) is 0 Å². The van der Waals surface area contributed by atoms with E-state index in [1.54, 1.807) is 0 Å². The minimum Gasteiger partial charge on any atom is -0.329 e. The Hall–Kier alpha value is -0.0800. The van der Waals surface area contributed by atoms with Gasteiger partial charge in [-0.05, 0) is 13.3 Å². The highest BCUT2D eigenvalue weighted by Crippen LogP contribution is 1.99. The molecule has 2 heteroatoms. The molecule has 0 rings (SSSR count). The predicted octanol–water partition coefficient (Wildman–Crippen LogP) is 0.0725. The van der Waals surface area contributed by atoms with Crippen molar-refractivity contribution >= 4 is 0 Å². The van der Waals surface area contributed by atoms with Crippen molar-refractivity contribution in [1.29, 1.82) is 0 Å². The van der Waals surface area contributed by atoms with Crippen molar-refractivity contribution < 1.29 is 0 Å². The first-order valence-electron chi connectivity index (χ1n) is 2.61. The summed E-state index contributed by atoms with van der Waals surface area (Å²) >= 11 is 0. The van der Waals surface area contributed by atoms with Gasteiger partial charge in [0.2, 0.25) is 0 Å². The molecule has 4 N–H and O–H groups in total.